The molecule has 1 heterocycles. The second kappa shape index (κ2) is 8.60. The first-order valence-electron chi connectivity index (χ1n) is 5.58. The Morgan fingerprint density at radius 2 is 1.67 bits per heavy atom. The van der Waals surface area contributed by atoms with Gasteiger partial charge in [0.2, 0.25) is 5.91 Å². The van der Waals surface area contributed by atoms with E-state index in [-0.39, 0.29) is 18.1 Å². The number of aliphatic hydroxyl groups excluding tert-OH is 1. The van der Waals surface area contributed by atoms with Gasteiger partial charge >= 0.3 is 5.97 Å². The van der Waals surface area contributed by atoms with Crippen LogP contribution >= 0.6 is 0 Å². The van der Waals surface area contributed by atoms with Gasteiger partial charge in [-0.2, -0.15) is 0 Å². The first-order chi connectivity index (χ1) is 8.34. The Labute approximate surface area is 105 Å². The lowest BCUT2D eigenvalue weighted by atomic mass is 10.2. The third-order valence-electron chi connectivity index (χ3n) is 2.02. The van der Waals surface area contributed by atoms with Crippen LogP contribution in [0.4, 0.5) is 0 Å². The zero-order valence-corrected chi connectivity index (χ0v) is 10.6. The van der Waals surface area contributed by atoms with Crippen LogP contribution in [0.2, 0.25) is 0 Å². The Balaban J connectivity index is 0.000000631. The minimum absolute atomic E-state index is 0.167. The third-order valence-corrected chi connectivity index (χ3v) is 2.02. The van der Waals surface area contributed by atoms with Crippen molar-refractivity contribution in [3.8, 4) is 0 Å². The molecule has 0 aromatic carbocycles. The fraction of sp³-hybridized carbons (Fsp3) is 0.727. The van der Waals surface area contributed by atoms with Crippen molar-refractivity contribution in [3.05, 3.63) is 0 Å². The number of nitrogens with zero attached hydrogens (tertiary/aromatic N) is 1. The number of carboxylic acid groups (broad SMARTS) is 1. The zero-order valence-electron chi connectivity index (χ0n) is 10.6. The molecule has 1 unspecified atom stereocenters. The van der Waals surface area contributed by atoms with Crippen LogP contribution in [0.1, 0.15) is 20.3 Å². The molecule has 1 saturated heterocycles. The number of hydrogen-bond acceptors (Lipinski definition) is 5. The van der Waals surface area contributed by atoms with Gasteiger partial charge in [-0.1, -0.05) is 0 Å². The van der Waals surface area contributed by atoms with Crippen molar-refractivity contribution in [3.63, 3.8) is 0 Å². The minimum atomic E-state index is -1.61. The van der Waals surface area contributed by atoms with E-state index in [2.05, 4.69) is 0 Å². The van der Waals surface area contributed by atoms with Crippen LogP contribution in [0.5, 0.6) is 0 Å². The maximum atomic E-state index is 11.4. The quantitative estimate of drug-likeness (QED) is 0.694. The first kappa shape index (κ1) is 16.5. The summed E-state index contributed by atoms with van der Waals surface area (Å²) >= 11 is 0. The third kappa shape index (κ3) is 7.75. The lowest BCUT2D eigenvalue weighted by molar-refractivity contribution is -0.152. The molecular weight excluding hydrogens is 242 g/mol. The van der Waals surface area contributed by atoms with Gasteiger partial charge in [-0.3, -0.25) is 4.79 Å². The summed E-state index contributed by atoms with van der Waals surface area (Å²) in [4.78, 5) is 32.6. The summed E-state index contributed by atoms with van der Waals surface area (Å²) in [6.07, 6.45) is -1.97. The van der Waals surface area contributed by atoms with Crippen LogP contribution in [0.3, 0.4) is 0 Å². The average Bonchev–Trinajstić information content (AvgIpc) is 2.29. The van der Waals surface area contributed by atoms with E-state index in [1.807, 2.05) is 0 Å². The van der Waals surface area contributed by atoms with Crippen molar-refractivity contribution < 1.29 is 29.3 Å². The zero-order chi connectivity index (χ0) is 14.1. The SMILES string of the molecule is CC(C)=O.O=C(O)C(O)CC(=O)N1CCOCC1. The van der Waals surface area contributed by atoms with E-state index in [1.165, 1.54) is 18.7 Å². The van der Waals surface area contributed by atoms with E-state index in [1.54, 1.807) is 0 Å². The number of Topliss-reactive ketones (excluding diaryl/α,β-unsaturated/α-hetero) is 1. The van der Waals surface area contributed by atoms with E-state index in [4.69, 9.17) is 14.9 Å². The Kier molecular flexibility index (Phi) is 7.89. The highest BCUT2D eigenvalue weighted by Crippen LogP contribution is 2.02. The second-order valence-electron chi connectivity index (χ2n) is 3.96. The van der Waals surface area contributed by atoms with Gasteiger partial charge in [0.15, 0.2) is 6.10 Å². The summed E-state index contributed by atoms with van der Waals surface area (Å²) in [5.41, 5.74) is 0. The van der Waals surface area contributed by atoms with Gasteiger partial charge in [0.05, 0.1) is 19.6 Å². The molecule has 2 N–H and O–H groups in total. The minimum Gasteiger partial charge on any atom is -0.479 e. The second-order valence-corrected chi connectivity index (χ2v) is 3.96. The van der Waals surface area contributed by atoms with E-state index in [0.29, 0.717) is 26.3 Å². The molecule has 0 aromatic heterocycles. The summed E-state index contributed by atoms with van der Waals surface area (Å²) in [7, 11) is 0. The summed E-state index contributed by atoms with van der Waals surface area (Å²) in [6.45, 7) is 4.92. The molecule has 1 aliphatic heterocycles. The highest BCUT2D eigenvalue weighted by Gasteiger charge is 2.23. The number of rotatable bonds is 3. The Hall–Kier alpha value is -1.47. The number of carbonyl (C=O) groups is 3. The first-order valence-corrected chi connectivity index (χ1v) is 5.58. The summed E-state index contributed by atoms with van der Waals surface area (Å²) in [5, 5.41) is 17.3. The number of hydrogen-bond donors (Lipinski definition) is 2. The van der Waals surface area contributed by atoms with Crippen LogP contribution in [-0.4, -0.2) is 65.2 Å². The van der Waals surface area contributed by atoms with Crippen molar-refractivity contribution in [2.75, 3.05) is 26.3 Å². The van der Waals surface area contributed by atoms with Crippen molar-refractivity contribution >= 4 is 17.7 Å². The summed E-state index contributed by atoms with van der Waals surface area (Å²) < 4.78 is 5.03. The molecule has 1 fully saturated rings. The number of morpholine rings is 1. The number of aliphatic carboxylic acids is 1. The van der Waals surface area contributed by atoms with Crippen molar-refractivity contribution in [2.24, 2.45) is 0 Å². The topological polar surface area (TPSA) is 104 Å². The molecule has 104 valence electrons. The lowest BCUT2D eigenvalue weighted by Gasteiger charge is -2.27. The molecule has 0 aliphatic carbocycles. The molecule has 0 aromatic rings. The molecule has 0 bridgehead atoms. The number of aliphatic hydroxyl groups is 1. The Bertz CT molecular complexity index is 294. The summed E-state index contributed by atoms with van der Waals surface area (Å²) in [5.74, 6) is -1.55. The maximum absolute atomic E-state index is 11.4. The molecule has 1 rings (SSSR count). The monoisotopic (exact) mass is 261 g/mol. The van der Waals surface area contributed by atoms with Gasteiger partial charge < -0.3 is 24.6 Å². The molecule has 1 amide bonds. The molecule has 1 atom stereocenters. The largest absolute Gasteiger partial charge is 0.479 e. The fourth-order valence-corrected chi connectivity index (χ4v) is 1.19. The highest BCUT2D eigenvalue weighted by atomic mass is 16.5. The van der Waals surface area contributed by atoms with Gasteiger partial charge in [-0.25, -0.2) is 4.79 Å². The fourth-order valence-electron chi connectivity index (χ4n) is 1.19. The van der Waals surface area contributed by atoms with Gasteiger partial charge in [0.25, 0.3) is 0 Å². The van der Waals surface area contributed by atoms with Gasteiger partial charge in [0, 0.05) is 13.1 Å². The van der Waals surface area contributed by atoms with E-state index in [0.717, 1.165) is 0 Å². The van der Waals surface area contributed by atoms with Crippen LogP contribution < -0.4 is 0 Å². The molecule has 7 heteroatoms. The number of amides is 1. The van der Waals surface area contributed by atoms with E-state index in [9.17, 15) is 14.4 Å². The molecule has 0 radical (unpaired) electrons. The van der Waals surface area contributed by atoms with Gasteiger partial charge in [-0.15, -0.1) is 0 Å². The number of ketones is 1. The van der Waals surface area contributed by atoms with Crippen molar-refractivity contribution in [2.45, 2.75) is 26.4 Å². The van der Waals surface area contributed by atoms with Crippen LogP contribution in [0.25, 0.3) is 0 Å². The standard InChI is InChI=1S/C8H13NO5.C3H6O/c10-6(8(12)13)5-7(11)9-1-3-14-4-2-9;1-3(2)4/h6,10H,1-5H2,(H,12,13);1-2H3. The average molecular weight is 261 g/mol. The molecule has 1 aliphatic rings. The van der Waals surface area contributed by atoms with Gasteiger partial charge in [-0.05, 0) is 13.8 Å². The van der Waals surface area contributed by atoms with Crippen LogP contribution in [-0.2, 0) is 19.1 Å². The maximum Gasteiger partial charge on any atom is 0.333 e. The van der Waals surface area contributed by atoms with Crippen molar-refractivity contribution in [1.29, 1.82) is 0 Å². The Morgan fingerprint density at radius 3 is 2.06 bits per heavy atom. The molecule has 7 nitrogen and oxygen atoms in total. The normalized spacial score (nSPS) is 16.3. The molecule has 0 saturated carbocycles. The smallest absolute Gasteiger partial charge is 0.333 e. The number of carboxylic acids is 1. The predicted molar refractivity (Wildman–Crippen MR) is 62.0 cm³/mol. The highest BCUT2D eigenvalue weighted by molar-refractivity contribution is 5.83. The molecule has 0 spiro atoms. The lowest BCUT2D eigenvalue weighted by Crippen LogP contribution is -2.42. The number of ether oxygens (including phenoxy) is 1. The molecule has 18 heavy (non-hydrogen) atoms. The molecular formula is C11H19NO6. The number of carbonyl (C=O) groups excluding carboxylic acids is 2. The van der Waals surface area contributed by atoms with E-state index >= 15 is 0 Å². The van der Waals surface area contributed by atoms with Crippen LogP contribution in [0.15, 0.2) is 0 Å². The predicted octanol–water partition coefficient (Wildman–Crippen LogP) is -0.724. The Morgan fingerprint density at radius 1 is 1.22 bits per heavy atom. The van der Waals surface area contributed by atoms with Crippen LogP contribution in [0, 0.1) is 0 Å². The van der Waals surface area contributed by atoms with Gasteiger partial charge in [0.1, 0.15) is 5.78 Å². The van der Waals surface area contributed by atoms with Crippen molar-refractivity contribution in [1.82, 2.24) is 4.90 Å². The van der Waals surface area contributed by atoms with E-state index < -0.39 is 12.1 Å². The summed E-state index contributed by atoms with van der Waals surface area (Å²) in [6, 6.07) is 0.